The van der Waals surface area contributed by atoms with E-state index in [0.717, 1.165) is 0 Å². The molecule has 0 saturated heterocycles. The van der Waals surface area contributed by atoms with Crippen LogP contribution in [-0.4, -0.2) is 28.3 Å². The van der Waals surface area contributed by atoms with Gasteiger partial charge in [0.25, 0.3) is 5.56 Å². The van der Waals surface area contributed by atoms with Gasteiger partial charge in [-0.2, -0.15) is 11.3 Å². The molecule has 0 radical (unpaired) electrons. The second-order valence-electron chi connectivity index (χ2n) is 8.48. The van der Waals surface area contributed by atoms with E-state index in [2.05, 4.69) is 5.16 Å². The molecular formula is C27H21F3N2O3S2. The van der Waals surface area contributed by atoms with E-state index in [1.807, 2.05) is 5.38 Å². The molecule has 0 bridgehead atoms. The van der Waals surface area contributed by atoms with E-state index in [4.69, 9.17) is 4.74 Å². The number of rotatable bonds is 6. The van der Waals surface area contributed by atoms with Crippen LogP contribution in [0.25, 0.3) is 11.1 Å². The number of methoxy groups -OCH3 is 1. The van der Waals surface area contributed by atoms with Gasteiger partial charge in [-0.1, -0.05) is 23.4 Å². The number of halogens is 3. The molecule has 1 aliphatic rings. The van der Waals surface area contributed by atoms with Gasteiger partial charge in [-0.25, -0.2) is 13.2 Å². The molecule has 0 amide bonds. The molecular weight excluding hydrogens is 521 g/mol. The SMILES string of the molecule is COc1cccc(-c2c(C)c(Cc3c(F)cccc3F)c3n(c2=O)C(C(=NO)c2ccsc2)CS3)c1F. The van der Waals surface area contributed by atoms with Gasteiger partial charge >= 0.3 is 0 Å². The smallest absolute Gasteiger partial charge is 0.260 e. The minimum atomic E-state index is -0.718. The van der Waals surface area contributed by atoms with Crippen molar-refractivity contribution in [3.63, 3.8) is 0 Å². The quantitative estimate of drug-likeness (QED) is 0.173. The summed E-state index contributed by atoms with van der Waals surface area (Å²) in [7, 11) is 1.33. The molecule has 0 fully saturated rings. The van der Waals surface area contributed by atoms with Crippen LogP contribution >= 0.6 is 23.1 Å². The van der Waals surface area contributed by atoms with E-state index in [-0.39, 0.29) is 34.6 Å². The maximum absolute atomic E-state index is 15.4. The molecule has 1 unspecified atom stereocenters. The first-order valence-electron chi connectivity index (χ1n) is 11.3. The van der Waals surface area contributed by atoms with Crippen molar-refractivity contribution in [2.75, 3.05) is 12.9 Å². The summed E-state index contributed by atoms with van der Waals surface area (Å²) < 4.78 is 51.4. The Morgan fingerprint density at radius 1 is 1.14 bits per heavy atom. The second kappa shape index (κ2) is 10.1. The predicted octanol–water partition coefficient (Wildman–Crippen LogP) is 6.43. The van der Waals surface area contributed by atoms with E-state index in [9.17, 15) is 18.8 Å². The van der Waals surface area contributed by atoms with Crippen LogP contribution in [0, 0.1) is 24.4 Å². The first-order chi connectivity index (χ1) is 17.9. The van der Waals surface area contributed by atoms with Crippen LogP contribution in [0.5, 0.6) is 5.75 Å². The zero-order chi connectivity index (χ0) is 26.3. The Labute approximate surface area is 218 Å². The molecule has 190 valence electrons. The highest BCUT2D eigenvalue weighted by atomic mass is 32.2. The first-order valence-corrected chi connectivity index (χ1v) is 13.2. The first kappa shape index (κ1) is 25.2. The number of thioether (sulfide) groups is 1. The summed E-state index contributed by atoms with van der Waals surface area (Å²) in [4.78, 5) is 14.0. The Hall–Kier alpha value is -3.50. The van der Waals surface area contributed by atoms with E-state index < -0.39 is 29.1 Å². The average Bonchev–Trinajstić information content (AvgIpc) is 3.56. The minimum Gasteiger partial charge on any atom is -0.494 e. The third-order valence-electron chi connectivity index (χ3n) is 6.53. The van der Waals surface area contributed by atoms with Crippen molar-refractivity contribution >= 4 is 28.8 Å². The minimum absolute atomic E-state index is 0.0149. The summed E-state index contributed by atoms with van der Waals surface area (Å²) in [5, 5.41) is 17.5. The van der Waals surface area contributed by atoms with Gasteiger partial charge in [-0.05, 0) is 53.1 Å². The third-order valence-corrected chi connectivity index (χ3v) is 8.42. The fourth-order valence-electron chi connectivity index (χ4n) is 4.70. The van der Waals surface area contributed by atoms with Crippen LogP contribution < -0.4 is 10.3 Å². The van der Waals surface area contributed by atoms with E-state index in [1.165, 1.54) is 65.1 Å². The summed E-state index contributed by atoms with van der Waals surface area (Å²) in [6.07, 6.45) is -0.150. The maximum Gasteiger partial charge on any atom is 0.260 e. The lowest BCUT2D eigenvalue weighted by Crippen LogP contribution is -2.32. The van der Waals surface area contributed by atoms with E-state index in [1.54, 1.807) is 24.4 Å². The summed E-state index contributed by atoms with van der Waals surface area (Å²) in [5.74, 6) is -1.83. The van der Waals surface area contributed by atoms with Gasteiger partial charge < -0.3 is 9.94 Å². The molecule has 1 aliphatic heterocycles. The van der Waals surface area contributed by atoms with Gasteiger partial charge in [0.05, 0.1) is 23.7 Å². The highest BCUT2D eigenvalue weighted by molar-refractivity contribution is 7.99. The number of fused-ring (bicyclic) bond motifs is 1. The molecule has 5 rings (SSSR count). The molecule has 0 saturated carbocycles. The highest BCUT2D eigenvalue weighted by Crippen LogP contribution is 2.42. The summed E-state index contributed by atoms with van der Waals surface area (Å²) in [6.45, 7) is 1.65. The topological polar surface area (TPSA) is 63.8 Å². The van der Waals surface area contributed by atoms with E-state index in [0.29, 0.717) is 27.5 Å². The Bertz CT molecular complexity index is 1560. The number of benzene rings is 2. The van der Waals surface area contributed by atoms with E-state index >= 15 is 4.39 Å². The van der Waals surface area contributed by atoms with Gasteiger partial charge in [0.2, 0.25) is 0 Å². The zero-order valence-electron chi connectivity index (χ0n) is 19.8. The Kier molecular flexibility index (Phi) is 6.87. The molecule has 3 heterocycles. The molecule has 5 nitrogen and oxygen atoms in total. The number of ether oxygens (including phenoxy) is 1. The van der Waals surface area contributed by atoms with Crippen molar-refractivity contribution in [3.8, 4) is 16.9 Å². The van der Waals surface area contributed by atoms with Crippen molar-refractivity contribution in [2.24, 2.45) is 5.16 Å². The largest absolute Gasteiger partial charge is 0.494 e. The number of nitrogens with zero attached hydrogens (tertiary/aromatic N) is 2. The van der Waals surface area contributed by atoms with Crippen LogP contribution in [0.15, 0.2) is 68.2 Å². The van der Waals surface area contributed by atoms with Gasteiger partial charge in [0, 0.05) is 28.9 Å². The summed E-state index contributed by atoms with van der Waals surface area (Å²) >= 11 is 2.74. The standard InChI is InChI=1S/C27H21F3N2O3S2/c1-14-17(11-18-19(28)6-4-7-20(18)29)27-32(21(13-37-27)25(31-34)15-9-10-36-12-15)26(33)23(14)16-5-3-8-22(35-2)24(16)30/h3-10,12,21,34H,11,13H2,1-2H3. The molecule has 0 spiro atoms. The van der Waals surface area contributed by atoms with Crippen LogP contribution in [0.3, 0.4) is 0 Å². The molecule has 37 heavy (non-hydrogen) atoms. The number of hydrogen-bond donors (Lipinski definition) is 1. The second-order valence-corrected chi connectivity index (χ2v) is 10.3. The van der Waals surface area contributed by atoms with Crippen molar-refractivity contribution < 1.29 is 23.1 Å². The molecule has 1 atom stereocenters. The number of aromatic nitrogens is 1. The maximum atomic E-state index is 15.4. The van der Waals surface area contributed by atoms with Crippen LogP contribution in [-0.2, 0) is 6.42 Å². The molecule has 0 aliphatic carbocycles. The monoisotopic (exact) mass is 542 g/mol. The summed E-state index contributed by atoms with van der Waals surface area (Å²) in [6, 6.07) is 9.23. The molecule has 1 N–H and O–H groups in total. The van der Waals surface area contributed by atoms with Crippen LogP contribution in [0.2, 0.25) is 0 Å². The van der Waals surface area contributed by atoms with Crippen molar-refractivity contribution in [3.05, 3.63) is 103 Å². The molecule has 10 heteroatoms. The highest BCUT2D eigenvalue weighted by Gasteiger charge is 2.35. The average molecular weight is 543 g/mol. The lowest BCUT2D eigenvalue weighted by atomic mass is 9.93. The number of oxime groups is 1. The number of hydrogen-bond acceptors (Lipinski definition) is 6. The van der Waals surface area contributed by atoms with Crippen molar-refractivity contribution in [1.82, 2.24) is 4.57 Å². The van der Waals surface area contributed by atoms with Crippen LogP contribution in [0.4, 0.5) is 13.2 Å². The predicted molar refractivity (Wildman–Crippen MR) is 139 cm³/mol. The third kappa shape index (κ3) is 4.23. The molecule has 2 aromatic heterocycles. The molecule has 4 aromatic rings. The zero-order valence-corrected chi connectivity index (χ0v) is 21.4. The summed E-state index contributed by atoms with van der Waals surface area (Å²) in [5.41, 5.74) is 1.26. The Morgan fingerprint density at radius 2 is 1.86 bits per heavy atom. The fraction of sp³-hybridized carbons (Fsp3) is 0.185. The molecule has 2 aromatic carbocycles. The number of pyridine rings is 1. The Morgan fingerprint density at radius 3 is 2.51 bits per heavy atom. The van der Waals surface area contributed by atoms with Gasteiger partial charge in [-0.15, -0.1) is 11.8 Å². The fourth-order valence-corrected chi connectivity index (χ4v) is 6.72. The normalized spacial score (nSPS) is 15.2. The van der Waals surface area contributed by atoms with Gasteiger partial charge in [-0.3, -0.25) is 9.36 Å². The lowest BCUT2D eigenvalue weighted by molar-refractivity contribution is 0.315. The van der Waals surface area contributed by atoms with Crippen molar-refractivity contribution in [2.45, 2.75) is 24.4 Å². The lowest BCUT2D eigenvalue weighted by Gasteiger charge is -2.21. The van der Waals surface area contributed by atoms with Gasteiger partial charge in [0.15, 0.2) is 11.6 Å². The Balaban J connectivity index is 1.80. The van der Waals surface area contributed by atoms with Crippen LogP contribution in [0.1, 0.15) is 28.3 Å². The number of thiophene rings is 1. The van der Waals surface area contributed by atoms with Crippen molar-refractivity contribution in [1.29, 1.82) is 0 Å². The van der Waals surface area contributed by atoms with Gasteiger partial charge in [0.1, 0.15) is 17.3 Å².